The third-order valence-electron chi connectivity index (χ3n) is 2.50. The summed E-state index contributed by atoms with van der Waals surface area (Å²) in [6.07, 6.45) is 1.68. The van der Waals surface area contributed by atoms with Gasteiger partial charge in [-0.05, 0) is 13.3 Å². The van der Waals surface area contributed by atoms with Crippen LogP contribution in [0.1, 0.15) is 26.7 Å². The first-order valence-corrected chi connectivity index (χ1v) is 6.83. The third-order valence-corrected chi connectivity index (χ3v) is 4.30. The van der Waals surface area contributed by atoms with E-state index in [1.807, 2.05) is 18.7 Å². The fraction of sp³-hybridized carbons (Fsp3) is 0.889. The number of hydrogen-bond donors (Lipinski definition) is 1. The Balaban J connectivity index is 2.62. The van der Waals surface area contributed by atoms with Crippen molar-refractivity contribution in [3.05, 3.63) is 0 Å². The molecule has 1 fully saturated rings. The average molecular weight is 218 g/mol. The van der Waals surface area contributed by atoms with Crippen LogP contribution >= 0.6 is 0 Å². The first-order chi connectivity index (χ1) is 6.46. The van der Waals surface area contributed by atoms with E-state index in [1.54, 1.807) is 0 Å². The van der Waals surface area contributed by atoms with Crippen LogP contribution < -0.4 is 0 Å². The zero-order valence-electron chi connectivity index (χ0n) is 8.78. The minimum absolute atomic E-state index is 0.0344. The number of hydrogen-bond acceptors (Lipinski definition) is 3. The molecule has 4 nitrogen and oxygen atoms in total. The highest BCUT2D eigenvalue weighted by Gasteiger charge is 2.28. The molecule has 1 N–H and O–H groups in total. The van der Waals surface area contributed by atoms with Crippen molar-refractivity contribution in [2.45, 2.75) is 32.7 Å². The van der Waals surface area contributed by atoms with Crippen LogP contribution in [0.4, 0.5) is 0 Å². The molecule has 1 rings (SSSR count). The van der Waals surface area contributed by atoms with Crippen molar-refractivity contribution in [2.75, 3.05) is 18.1 Å². The molecule has 0 radical (unpaired) electrons. The van der Waals surface area contributed by atoms with Crippen LogP contribution in [0.15, 0.2) is 0 Å². The van der Waals surface area contributed by atoms with E-state index in [-0.39, 0.29) is 17.5 Å². The smallest absolute Gasteiger partial charge is 0.154 e. The molecular formula is C9H18N2O2S. The minimum atomic E-state index is -2.85. The Labute approximate surface area is 85.7 Å². The molecule has 0 aliphatic carbocycles. The molecule has 1 unspecified atom stereocenters. The van der Waals surface area contributed by atoms with E-state index in [9.17, 15) is 8.42 Å². The second-order valence-corrected chi connectivity index (χ2v) is 6.08. The highest BCUT2D eigenvalue weighted by atomic mass is 32.2. The molecule has 1 atom stereocenters. The summed E-state index contributed by atoms with van der Waals surface area (Å²) < 4.78 is 22.6. The predicted octanol–water partition coefficient (Wildman–Crippen LogP) is 0.883. The lowest BCUT2D eigenvalue weighted by atomic mass is 10.2. The van der Waals surface area contributed by atoms with Gasteiger partial charge in [-0.15, -0.1) is 0 Å². The number of nitrogens with zero attached hydrogens (tertiary/aromatic N) is 1. The highest BCUT2D eigenvalue weighted by molar-refractivity contribution is 7.91. The molecular weight excluding hydrogens is 200 g/mol. The van der Waals surface area contributed by atoms with Crippen LogP contribution in [0.3, 0.4) is 0 Å². The molecule has 1 aliphatic heterocycles. The van der Waals surface area contributed by atoms with Gasteiger partial charge in [0.05, 0.1) is 17.3 Å². The predicted molar refractivity (Wildman–Crippen MR) is 57.5 cm³/mol. The monoisotopic (exact) mass is 218 g/mol. The van der Waals surface area contributed by atoms with Crippen molar-refractivity contribution >= 4 is 15.7 Å². The lowest BCUT2D eigenvalue weighted by Crippen LogP contribution is -2.49. The van der Waals surface area contributed by atoms with Gasteiger partial charge in [-0.3, -0.25) is 5.41 Å². The second-order valence-electron chi connectivity index (χ2n) is 3.85. The maximum absolute atomic E-state index is 11.3. The summed E-state index contributed by atoms with van der Waals surface area (Å²) in [6.45, 7) is 4.39. The van der Waals surface area contributed by atoms with Crippen LogP contribution in [0, 0.1) is 5.41 Å². The van der Waals surface area contributed by atoms with Gasteiger partial charge in [0.15, 0.2) is 9.84 Å². The van der Waals surface area contributed by atoms with Gasteiger partial charge >= 0.3 is 0 Å². The Morgan fingerprint density at radius 2 is 2.21 bits per heavy atom. The molecule has 0 bridgehead atoms. The van der Waals surface area contributed by atoms with Crippen LogP contribution in [-0.4, -0.2) is 43.2 Å². The van der Waals surface area contributed by atoms with Crippen molar-refractivity contribution in [3.8, 4) is 0 Å². The number of sulfone groups is 1. The van der Waals surface area contributed by atoms with Gasteiger partial charge in [0.2, 0.25) is 0 Å². The van der Waals surface area contributed by atoms with Crippen molar-refractivity contribution in [2.24, 2.45) is 0 Å². The standard InChI is InChI=1S/C9H18N2O2S/c1-3-4-9(10)11-5-6-14(12,13)7-8(11)2/h8,10H,3-7H2,1-2H3. The van der Waals surface area contributed by atoms with Gasteiger partial charge in [0, 0.05) is 19.0 Å². The van der Waals surface area contributed by atoms with Crippen molar-refractivity contribution in [1.82, 2.24) is 4.90 Å². The lowest BCUT2D eigenvalue weighted by Gasteiger charge is -2.35. The normalized spacial score (nSPS) is 26.1. The summed E-state index contributed by atoms with van der Waals surface area (Å²) in [6, 6.07) is -0.0344. The van der Waals surface area contributed by atoms with Crippen molar-refractivity contribution in [1.29, 1.82) is 5.41 Å². The molecule has 1 heterocycles. The Hall–Kier alpha value is -0.580. The molecule has 0 saturated carbocycles. The fourth-order valence-corrected chi connectivity index (χ4v) is 3.34. The maximum Gasteiger partial charge on any atom is 0.154 e. The molecule has 0 aromatic carbocycles. The van der Waals surface area contributed by atoms with Crippen LogP contribution in [0.2, 0.25) is 0 Å². The van der Waals surface area contributed by atoms with Crippen molar-refractivity contribution < 1.29 is 8.42 Å². The third kappa shape index (κ3) is 2.70. The molecule has 0 spiro atoms. The van der Waals surface area contributed by atoms with Gasteiger partial charge in [0.1, 0.15) is 0 Å². The van der Waals surface area contributed by atoms with E-state index < -0.39 is 9.84 Å². The summed E-state index contributed by atoms with van der Waals surface area (Å²) in [5.41, 5.74) is 0. The topological polar surface area (TPSA) is 61.2 Å². The minimum Gasteiger partial charge on any atom is -0.356 e. The molecule has 1 saturated heterocycles. The largest absolute Gasteiger partial charge is 0.356 e. The Morgan fingerprint density at radius 3 is 2.71 bits per heavy atom. The maximum atomic E-state index is 11.3. The van der Waals surface area contributed by atoms with Crippen LogP contribution in [0.25, 0.3) is 0 Å². The fourth-order valence-electron chi connectivity index (χ4n) is 1.78. The quantitative estimate of drug-likeness (QED) is 0.553. The Morgan fingerprint density at radius 1 is 1.57 bits per heavy atom. The second kappa shape index (κ2) is 4.29. The molecule has 14 heavy (non-hydrogen) atoms. The number of nitrogens with one attached hydrogen (secondary N) is 1. The van der Waals surface area contributed by atoms with E-state index in [1.165, 1.54) is 0 Å². The summed E-state index contributed by atoms with van der Waals surface area (Å²) in [7, 11) is -2.85. The highest BCUT2D eigenvalue weighted by Crippen LogP contribution is 2.13. The van der Waals surface area contributed by atoms with Gasteiger partial charge in [-0.1, -0.05) is 6.92 Å². The molecule has 1 aliphatic rings. The molecule has 0 aromatic heterocycles. The van der Waals surface area contributed by atoms with E-state index in [4.69, 9.17) is 5.41 Å². The SMILES string of the molecule is CCCC(=N)N1CCS(=O)(=O)CC1C. The van der Waals surface area contributed by atoms with Crippen LogP contribution in [-0.2, 0) is 9.84 Å². The summed E-state index contributed by atoms with van der Waals surface area (Å²) in [5.74, 6) is 0.970. The number of rotatable bonds is 2. The Kier molecular flexibility index (Phi) is 3.53. The average Bonchev–Trinajstić information content (AvgIpc) is 2.02. The lowest BCUT2D eigenvalue weighted by molar-refractivity contribution is 0.343. The summed E-state index contributed by atoms with van der Waals surface area (Å²) >= 11 is 0. The van der Waals surface area contributed by atoms with Gasteiger partial charge in [0.25, 0.3) is 0 Å². The number of amidine groups is 1. The van der Waals surface area contributed by atoms with E-state index in [0.717, 1.165) is 12.8 Å². The summed E-state index contributed by atoms with van der Waals surface area (Å²) in [5, 5.41) is 7.77. The molecule has 82 valence electrons. The van der Waals surface area contributed by atoms with Gasteiger partial charge in [-0.2, -0.15) is 0 Å². The van der Waals surface area contributed by atoms with E-state index >= 15 is 0 Å². The van der Waals surface area contributed by atoms with Gasteiger partial charge in [-0.25, -0.2) is 8.42 Å². The first kappa shape index (κ1) is 11.5. The molecule has 5 heteroatoms. The zero-order chi connectivity index (χ0) is 10.8. The Bertz CT molecular complexity index is 311. The van der Waals surface area contributed by atoms with Crippen LogP contribution in [0.5, 0.6) is 0 Å². The van der Waals surface area contributed by atoms with Crippen molar-refractivity contribution in [3.63, 3.8) is 0 Å². The van der Waals surface area contributed by atoms with E-state index in [0.29, 0.717) is 12.4 Å². The summed E-state index contributed by atoms with van der Waals surface area (Å²) in [4.78, 5) is 1.91. The molecule has 0 amide bonds. The first-order valence-electron chi connectivity index (χ1n) is 5.00. The van der Waals surface area contributed by atoms with Gasteiger partial charge < -0.3 is 4.90 Å². The zero-order valence-corrected chi connectivity index (χ0v) is 9.60. The van der Waals surface area contributed by atoms with E-state index in [2.05, 4.69) is 0 Å². The molecule has 0 aromatic rings.